The molecule has 92 valence electrons. The minimum Gasteiger partial charge on any atom is -0.370 e. The second-order valence-corrected chi connectivity index (χ2v) is 5.29. The van der Waals surface area contributed by atoms with Crippen LogP contribution in [0, 0.1) is 0 Å². The molecular weight excluding hydrogens is 208 g/mol. The Kier molecular flexibility index (Phi) is 2.70. The Bertz CT molecular complexity index is 256. The third-order valence-electron chi connectivity index (χ3n) is 3.74. The average molecular weight is 228 g/mol. The van der Waals surface area contributed by atoms with Crippen LogP contribution in [0.2, 0.25) is 0 Å². The van der Waals surface area contributed by atoms with Gasteiger partial charge in [-0.05, 0) is 19.8 Å². The summed E-state index contributed by atoms with van der Waals surface area (Å²) in [6.45, 7) is 4.96. The van der Waals surface area contributed by atoms with Crippen LogP contribution in [0.4, 0.5) is 0 Å². The molecule has 2 saturated heterocycles. The SMILES string of the molecule is CC1(COC2CCCCC23OCCO3)CO1. The summed E-state index contributed by atoms with van der Waals surface area (Å²) in [4.78, 5) is 0. The van der Waals surface area contributed by atoms with Crippen molar-refractivity contribution in [1.82, 2.24) is 0 Å². The van der Waals surface area contributed by atoms with Crippen molar-refractivity contribution >= 4 is 0 Å². The summed E-state index contributed by atoms with van der Waals surface area (Å²) < 4.78 is 22.9. The van der Waals surface area contributed by atoms with Gasteiger partial charge in [-0.2, -0.15) is 0 Å². The Labute approximate surface area is 96.2 Å². The van der Waals surface area contributed by atoms with Gasteiger partial charge in [-0.1, -0.05) is 6.42 Å². The summed E-state index contributed by atoms with van der Waals surface area (Å²) in [5, 5.41) is 0. The highest BCUT2D eigenvalue weighted by Crippen LogP contribution is 2.39. The molecule has 4 heteroatoms. The molecule has 2 atom stereocenters. The number of hydrogen-bond acceptors (Lipinski definition) is 4. The largest absolute Gasteiger partial charge is 0.370 e. The second-order valence-electron chi connectivity index (χ2n) is 5.29. The Morgan fingerprint density at radius 2 is 1.94 bits per heavy atom. The quantitative estimate of drug-likeness (QED) is 0.686. The van der Waals surface area contributed by atoms with Crippen LogP contribution in [0.1, 0.15) is 32.6 Å². The van der Waals surface area contributed by atoms with Crippen molar-refractivity contribution in [2.75, 3.05) is 26.4 Å². The van der Waals surface area contributed by atoms with Crippen molar-refractivity contribution in [3.05, 3.63) is 0 Å². The molecule has 0 aromatic heterocycles. The zero-order chi connectivity index (χ0) is 11.1. The van der Waals surface area contributed by atoms with E-state index in [0.29, 0.717) is 19.8 Å². The highest BCUT2D eigenvalue weighted by Gasteiger charge is 2.49. The van der Waals surface area contributed by atoms with E-state index in [0.717, 1.165) is 19.4 Å². The van der Waals surface area contributed by atoms with Crippen molar-refractivity contribution < 1.29 is 18.9 Å². The maximum absolute atomic E-state index is 5.97. The van der Waals surface area contributed by atoms with E-state index in [4.69, 9.17) is 18.9 Å². The molecule has 2 aliphatic heterocycles. The van der Waals surface area contributed by atoms with Crippen molar-refractivity contribution in [2.45, 2.75) is 50.1 Å². The molecule has 0 aromatic carbocycles. The third-order valence-corrected chi connectivity index (χ3v) is 3.74. The highest BCUT2D eigenvalue weighted by molar-refractivity contribution is 4.91. The molecule has 1 aliphatic carbocycles. The normalized spacial score (nSPS) is 41.4. The fourth-order valence-electron chi connectivity index (χ4n) is 2.58. The van der Waals surface area contributed by atoms with Gasteiger partial charge in [0.05, 0.1) is 26.4 Å². The summed E-state index contributed by atoms with van der Waals surface area (Å²) in [7, 11) is 0. The summed E-state index contributed by atoms with van der Waals surface area (Å²) in [5.74, 6) is -0.441. The first-order valence-corrected chi connectivity index (χ1v) is 6.26. The van der Waals surface area contributed by atoms with E-state index in [-0.39, 0.29) is 11.7 Å². The topological polar surface area (TPSA) is 40.2 Å². The van der Waals surface area contributed by atoms with Crippen LogP contribution in [0.15, 0.2) is 0 Å². The van der Waals surface area contributed by atoms with Gasteiger partial charge in [0.2, 0.25) is 0 Å². The lowest BCUT2D eigenvalue weighted by atomic mass is 9.91. The lowest BCUT2D eigenvalue weighted by Crippen LogP contribution is -2.48. The van der Waals surface area contributed by atoms with E-state index in [1.807, 2.05) is 0 Å². The van der Waals surface area contributed by atoms with Gasteiger partial charge in [-0.15, -0.1) is 0 Å². The van der Waals surface area contributed by atoms with Crippen LogP contribution >= 0.6 is 0 Å². The first-order valence-electron chi connectivity index (χ1n) is 6.26. The summed E-state index contributed by atoms with van der Waals surface area (Å²) in [6, 6.07) is 0. The van der Waals surface area contributed by atoms with E-state index in [9.17, 15) is 0 Å². The van der Waals surface area contributed by atoms with Crippen LogP contribution < -0.4 is 0 Å². The van der Waals surface area contributed by atoms with Gasteiger partial charge < -0.3 is 18.9 Å². The second kappa shape index (κ2) is 3.95. The van der Waals surface area contributed by atoms with E-state index in [2.05, 4.69) is 6.92 Å². The molecule has 1 spiro atoms. The number of hydrogen-bond donors (Lipinski definition) is 0. The zero-order valence-corrected chi connectivity index (χ0v) is 9.87. The van der Waals surface area contributed by atoms with Crippen molar-refractivity contribution in [3.63, 3.8) is 0 Å². The summed E-state index contributed by atoms with van der Waals surface area (Å²) in [6.07, 6.45) is 4.47. The number of epoxide rings is 1. The fourth-order valence-corrected chi connectivity index (χ4v) is 2.58. The van der Waals surface area contributed by atoms with Crippen molar-refractivity contribution in [3.8, 4) is 0 Å². The van der Waals surface area contributed by atoms with Gasteiger partial charge in [0.1, 0.15) is 11.7 Å². The van der Waals surface area contributed by atoms with Crippen LogP contribution in [-0.4, -0.2) is 43.9 Å². The third kappa shape index (κ3) is 1.99. The first-order chi connectivity index (χ1) is 7.73. The Morgan fingerprint density at radius 1 is 1.19 bits per heavy atom. The van der Waals surface area contributed by atoms with Gasteiger partial charge in [-0.3, -0.25) is 0 Å². The van der Waals surface area contributed by atoms with Crippen molar-refractivity contribution in [1.29, 1.82) is 0 Å². The standard InChI is InChI=1S/C12H20O4/c1-11(9-16-11)8-13-10-4-2-3-5-12(10)14-6-7-15-12/h10H,2-9H2,1H3. The Hall–Kier alpha value is -0.160. The molecule has 4 nitrogen and oxygen atoms in total. The summed E-state index contributed by atoms with van der Waals surface area (Å²) in [5.41, 5.74) is -0.0444. The fraction of sp³-hybridized carbons (Fsp3) is 1.00. The van der Waals surface area contributed by atoms with Gasteiger partial charge in [0, 0.05) is 6.42 Å². The molecule has 0 N–H and O–H groups in total. The predicted molar refractivity (Wildman–Crippen MR) is 57.2 cm³/mol. The molecule has 2 heterocycles. The van der Waals surface area contributed by atoms with E-state index in [1.165, 1.54) is 12.8 Å². The molecule has 16 heavy (non-hydrogen) atoms. The lowest BCUT2D eigenvalue weighted by molar-refractivity contribution is -0.251. The van der Waals surface area contributed by atoms with Crippen molar-refractivity contribution in [2.24, 2.45) is 0 Å². The van der Waals surface area contributed by atoms with Crippen LogP contribution in [0.3, 0.4) is 0 Å². The smallest absolute Gasteiger partial charge is 0.194 e. The molecule has 0 amide bonds. The molecule has 3 fully saturated rings. The van der Waals surface area contributed by atoms with Crippen LogP contribution in [0.5, 0.6) is 0 Å². The van der Waals surface area contributed by atoms with Gasteiger partial charge in [-0.25, -0.2) is 0 Å². The van der Waals surface area contributed by atoms with Gasteiger partial charge in [0.25, 0.3) is 0 Å². The molecule has 3 aliphatic rings. The molecule has 2 unspecified atom stereocenters. The zero-order valence-electron chi connectivity index (χ0n) is 9.87. The maximum Gasteiger partial charge on any atom is 0.194 e. The minimum atomic E-state index is -0.441. The van der Waals surface area contributed by atoms with E-state index < -0.39 is 5.79 Å². The van der Waals surface area contributed by atoms with Crippen LogP contribution in [0.25, 0.3) is 0 Å². The lowest BCUT2D eigenvalue weighted by Gasteiger charge is -2.39. The van der Waals surface area contributed by atoms with Gasteiger partial charge >= 0.3 is 0 Å². The number of rotatable bonds is 3. The molecule has 1 saturated carbocycles. The average Bonchev–Trinajstić information content (AvgIpc) is 2.85. The summed E-state index contributed by atoms with van der Waals surface area (Å²) >= 11 is 0. The highest BCUT2D eigenvalue weighted by atomic mass is 16.8. The molecule has 3 rings (SSSR count). The predicted octanol–water partition coefficient (Wildman–Crippen LogP) is 1.48. The van der Waals surface area contributed by atoms with E-state index >= 15 is 0 Å². The van der Waals surface area contributed by atoms with E-state index in [1.54, 1.807) is 0 Å². The minimum absolute atomic E-state index is 0.0444. The van der Waals surface area contributed by atoms with Gasteiger partial charge in [0.15, 0.2) is 5.79 Å². The molecule has 0 aromatic rings. The molecular formula is C12H20O4. The Morgan fingerprint density at radius 3 is 2.62 bits per heavy atom. The number of ether oxygens (including phenoxy) is 4. The van der Waals surface area contributed by atoms with Crippen LogP contribution in [-0.2, 0) is 18.9 Å². The molecule has 0 bridgehead atoms. The Balaban J connectivity index is 1.61. The first kappa shape index (κ1) is 11.0. The monoisotopic (exact) mass is 228 g/mol. The molecule has 0 radical (unpaired) electrons. The maximum atomic E-state index is 5.97.